The first-order chi connectivity index (χ1) is 14.1. The number of likely N-dealkylation sites (N-methyl/N-ethyl adjacent to an activating group) is 1. The smallest absolute Gasteiger partial charge is 0.252 e. The van der Waals surface area contributed by atoms with Gasteiger partial charge in [0.05, 0.1) is 16.8 Å². The topological polar surface area (TPSA) is 45.7 Å². The fourth-order valence-electron chi connectivity index (χ4n) is 2.98. The predicted molar refractivity (Wildman–Crippen MR) is 124 cm³/mol. The molecule has 0 saturated heterocycles. The van der Waals surface area contributed by atoms with Gasteiger partial charge in [0.25, 0.3) is 5.91 Å². The Labute approximate surface area is 180 Å². The van der Waals surface area contributed by atoms with Crippen LogP contribution in [-0.4, -0.2) is 48.6 Å². The average molecular weight is 430 g/mol. The van der Waals surface area contributed by atoms with Crippen molar-refractivity contribution in [1.29, 1.82) is 0 Å². The summed E-state index contributed by atoms with van der Waals surface area (Å²) in [5, 5.41) is 2.73. The number of hydrogen-bond acceptors (Lipinski definition) is 6. The molecule has 0 bridgehead atoms. The second-order valence-electron chi connectivity index (χ2n) is 6.42. The monoisotopic (exact) mass is 429 g/mol. The minimum atomic E-state index is -0.0466. The van der Waals surface area contributed by atoms with E-state index in [0.717, 1.165) is 45.6 Å². The summed E-state index contributed by atoms with van der Waals surface area (Å²) >= 11 is 3.14. The molecule has 0 fully saturated rings. The SMILES string of the molecule is CCOc1ccc2nc(N(CCN(CC)CC)C(=O)C=Cc3cccs3)sc2c1. The lowest BCUT2D eigenvalue weighted by atomic mass is 10.3. The molecule has 3 aromatic rings. The molecule has 2 aromatic heterocycles. The summed E-state index contributed by atoms with van der Waals surface area (Å²) < 4.78 is 6.62. The quantitative estimate of drug-likeness (QED) is 0.418. The van der Waals surface area contributed by atoms with Crippen LogP contribution >= 0.6 is 22.7 Å². The predicted octanol–water partition coefficient (Wildman–Crippen LogP) is 5.14. The van der Waals surface area contributed by atoms with Crippen molar-refractivity contribution in [2.24, 2.45) is 0 Å². The highest BCUT2D eigenvalue weighted by atomic mass is 32.1. The summed E-state index contributed by atoms with van der Waals surface area (Å²) in [5.41, 5.74) is 0.885. The minimum Gasteiger partial charge on any atom is -0.494 e. The highest BCUT2D eigenvalue weighted by Crippen LogP contribution is 2.31. The molecule has 0 aliphatic heterocycles. The molecule has 29 heavy (non-hydrogen) atoms. The largest absolute Gasteiger partial charge is 0.494 e. The lowest BCUT2D eigenvalue weighted by Crippen LogP contribution is -2.38. The van der Waals surface area contributed by atoms with Crippen molar-refractivity contribution < 1.29 is 9.53 Å². The van der Waals surface area contributed by atoms with Gasteiger partial charge in [-0.3, -0.25) is 9.69 Å². The van der Waals surface area contributed by atoms with Crippen LogP contribution in [0.1, 0.15) is 25.6 Å². The van der Waals surface area contributed by atoms with Crippen molar-refractivity contribution in [1.82, 2.24) is 9.88 Å². The van der Waals surface area contributed by atoms with E-state index in [4.69, 9.17) is 9.72 Å². The van der Waals surface area contributed by atoms with Crippen LogP contribution in [0.4, 0.5) is 5.13 Å². The van der Waals surface area contributed by atoms with Gasteiger partial charge in [0, 0.05) is 24.0 Å². The van der Waals surface area contributed by atoms with Crippen molar-refractivity contribution in [2.75, 3.05) is 37.7 Å². The van der Waals surface area contributed by atoms with E-state index in [1.165, 1.54) is 11.3 Å². The molecule has 0 radical (unpaired) electrons. The van der Waals surface area contributed by atoms with Crippen LogP contribution in [0.2, 0.25) is 0 Å². The molecule has 0 aliphatic carbocycles. The Morgan fingerprint density at radius 2 is 2.00 bits per heavy atom. The van der Waals surface area contributed by atoms with Crippen LogP contribution < -0.4 is 9.64 Å². The number of ether oxygens (including phenoxy) is 1. The average Bonchev–Trinajstić information content (AvgIpc) is 3.39. The Morgan fingerprint density at radius 1 is 1.17 bits per heavy atom. The molecule has 0 spiro atoms. The zero-order valence-electron chi connectivity index (χ0n) is 17.1. The number of nitrogens with zero attached hydrogens (tertiary/aromatic N) is 3. The molecule has 5 nitrogen and oxygen atoms in total. The Balaban J connectivity index is 1.86. The number of carbonyl (C=O) groups excluding carboxylic acids is 1. The summed E-state index contributed by atoms with van der Waals surface area (Å²) in [7, 11) is 0. The third-order valence-electron chi connectivity index (χ3n) is 4.62. The number of aromatic nitrogens is 1. The number of rotatable bonds is 10. The fourth-order valence-corrected chi connectivity index (χ4v) is 4.62. The van der Waals surface area contributed by atoms with E-state index in [0.29, 0.717) is 13.2 Å². The number of hydrogen-bond donors (Lipinski definition) is 0. The van der Waals surface area contributed by atoms with Crippen molar-refractivity contribution >= 4 is 50.0 Å². The van der Waals surface area contributed by atoms with Crippen LogP contribution in [0.3, 0.4) is 0 Å². The van der Waals surface area contributed by atoms with Gasteiger partial charge in [-0.2, -0.15) is 0 Å². The summed E-state index contributed by atoms with van der Waals surface area (Å²) in [6, 6.07) is 9.86. The molecular weight excluding hydrogens is 402 g/mol. The molecule has 0 aliphatic rings. The molecule has 154 valence electrons. The Hall–Kier alpha value is -2.22. The minimum absolute atomic E-state index is 0.0466. The molecular formula is C22H27N3O2S2. The third-order valence-corrected chi connectivity index (χ3v) is 6.50. The number of amides is 1. The van der Waals surface area contributed by atoms with Crippen molar-refractivity contribution in [3.8, 4) is 5.75 Å². The Kier molecular flexibility index (Phi) is 7.80. The first kappa shape index (κ1) is 21.5. The fraction of sp³-hybridized carbons (Fsp3) is 0.364. The van der Waals surface area contributed by atoms with Crippen molar-refractivity contribution in [2.45, 2.75) is 20.8 Å². The molecule has 0 saturated carbocycles. The van der Waals surface area contributed by atoms with Gasteiger partial charge in [0.15, 0.2) is 5.13 Å². The van der Waals surface area contributed by atoms with Crippen LogP contribution in [-0.2, 0) is 4.79 Å². The van der Waals surface area contributed by atoms with E-state index in [1.54, 1.807) is 22.3 Å². The molecule has 7 heteroatoms. The molecule has 1 amide bonds. The Morgan fingerprint density at radius 3 is 2.69 bits per heavy atom. The van der Waals surface area contributed by atoms with E-state index >= 15 is 0 Å². The highest BCUT2D eigenvalue weighted by Gasteiger charge is 2.19. The van der Waals surface area contributed by atoms with Gasteiger partial charge in [-0.05, 0) is 55.7 Å². The highest BCUT2D eigenvalue weighted by molar-refractivity contribution is 7.22. The summed E-state index contributed by atoms with van der Waals surface area (Å²) in [4.78, 5) is 22.9. The number of carbonyl (C=O) groups is 1. The molecule has 3 rings (SSSR count). The third kappa shape index (κ3) is 5.65. The first-order valence-electron chi connectivity index (χ1n) is 9.93. The van der Waals surface area contributed by atoms with Gasteiger partial charge in [0.1, 0.15) is 5.75 Å². The first-order valence-corrected chi connectivity index (χ1v) is 11.6. The standard InChI is InChI=1S/C22H27N3O2S2/c1-4-24(5-2)13-14-25(21(26)12-10-18-8-7-15-28-18)22-23-19-11-9-17(27-6-3)16-20(19)29-22/h7-12,15-16H,4-6,13-14H2,1-3H3. The maximum absolute atomic E-state index is 13.0. The second-order valence-corrected chi connectivity index (χ2v) is 8.41. The number of anilines is 1. The molecule has 2 heterocycles. The number of fused-ring (bicyclic) bond motifs is 1. The summed E-state index contributed by atoms with van der Waals surface area (Å²) in [5.74, 6) is 0.781. The maximum atomic E-state index is 13.0. The van der Waals surface area contributed by atoms with Crippen LogP contribution in [0, 0.1) is 0 Å². The maximum Gasteiger partial charge on any atom is 0.252 e. The van der Waals surface area contributed by atoms with Gasteiger partial charge < -0.3 is 9.64 Å². The van der Waals surface area contributed by atoms with E-state index in [2.05, 4.69) is 18.7 Å². The zero-order valence-corrected chi connectivity index (χ0v) is 18.8. The normalized spacial score (nSPS) is 11.6. The van der Waals surface area contributed by atoms with E-state index in [1.807, 2.05) is 48.7 Å². The zero-order chi connectivity index (χ0) is 20.6. The molecule has 0 atom stereocenters. The molecule has 1 aromatic carbocycles. The van der Waals surface area contributed by atoms with Crippen LogP contribution in [0.5, 0.6) is 5.75 Å². The van der Waals surface area contributed by atoms with Crippen molar-refractivity contribution in [3.05, 3.63) is 46.7 Å². The Bertz CT molecular complexity index is 946. The van der Waals surface area contributed by atoms with Gasteiger partial charge in [0.2, 0.25) is 0 Å². The number of thiophene rings is 1. The lowest BCUT2D eigenvalue weighted by Gasteiger charge is -2.23. The van der Waals surface area contributed by atoms with E-state index < -0.39 is 0 Å². The van der Waals surface area contributed by atoms with Gasteiger partial charge in [-0.25, -0.2) is 4.98 Å². The van der Waals surface area contributed by atoms with Gasteiger partial charge in [-0.1, -0.05) is 31.3 Å². The van der Waals surface area contributed by atoms with E-state index in [9.17, 15) is 4.79 Å². The van der Waals surface area contributed by atoms with Crippen molar-refractivity contribution in [3.63, 3.8) is 0 Å². The van der Waals surface area contributed by atoms with Crippen LogP contribution in [0.25, 0.3) is 16.3 Å². The van der Waals surface area contributed by atoms with Gasteiger partial charge in [-0.15, -0.1) is 11.3 Å². The van der Waals surface area contributed by atoms with Crippen LogP contribution in [0.15, 0.2) is 41.8 Å². The number of thiazole rings is 1. The van der Waals surface area contributed by atoms with E-state index in [-0.39, 0.29) is 5.91 Å². The second kappa shape index (κ2) is 10.5. The molecule has 0 N–H and O–H groups in total. The lowest BCUT2D eigenvalue weighted by molar-refractivity contribution is -0.114. The van der Waals surface area contributed by atoms with Gasteiger partial charge >= 0.3 is 0 Å². The number of benzene rings is 1. The molecule has 0 unspecified atom stereocenters. The summed E-state index contributed by atoms with van der Waals surface area (Å²) in [6.07, 6.45) is 3.52. The summed E-state index contributed by atoms with van der Waals surface area (Å²) in [6.45, 7) is 10.2.